The monoisotopic (exact) mass is 277 g/mol. The van der Waals surface area contributed by atoms with Gasteiger partial charge in [0.1, 0.15) is 0 Å². The summed E-state index contributed by atoms with van der Waals surface area (Å²) in [6.07, 6.45) is 0. The number of methoxy groups -OCH3 is 1. The molecule has 1 aromatic heterocycles. The largest absolute Gasteiger partial charge is 0.465 e. The third-order valence-electron chi connectivity index (χ3n) is 2.74. The van der Waals surface area contributed by atoms with Crippen LogP contribution in [0.5, 0.6) is 0 Å². The van der Waals surface area contributed by atoms with Gasteiger partial charge in [0.25, 0.3) is 0 Å². The summed E-state index contributed by atoms with van der Waals surface area (Å²) in [4.78, 5) is 17.0. The topological polar surface area (TPSA) is 77.2 Å². The molecule has 6 heteroatoms. The lowest BCUT2D eigenvalue weighted by Crippen LogP contribution is -2.03. The number of esters is 1. The minimum Gasteiger partial charge on any atom is -0.465 e. The molecular formula is C13H15N3O2S. The van der Waals surface area contributed by atoms with Crippen molar-refractivity contribution in [3.63, 3.8) is 0 Å². The molecule has 3 N–H and O–H groups in total. The van der Waals surface area contributed by atoms with Crippen LogP contribution in [0.15, 0.2) is 18.2 Å². The lowest BCUT2D eigenvalue weighted by Gasteiger charge is -2.08. The molecular weight excluding hydrogens is 262 g/mol. The normalized spacial score (nSPS) is 10.3. The van der Waals surface area contributed by atoms with Crippen LogP contribution in [0, 0.1) is 13.8 Å². The maximum absolute atomic E-state index is 11.5. The minimum absolute atomic E-state index is 0.394. The summed E-state index contributed by atoms with van der Waals surface area (Å²) in [6, 6.07) is 4.96. The molecule has 0 aliphatic heterocycles. The van der Waals surface area contributed by atoms with Gasteiger partial charge in [-0.1, -0.05) is 0 Å². The number of thiazole rings is 1. The zero-order valence-electron chi connectivity index (χ0n) is 11.0. The molecule has 0 atom stereocenters. The number of carbonyl (C=O) groups is 1. The highest BCUT2D eigenvalue weighted by molar-refractivity contribution is 7.15. The van der Waals surface area contributed by atoms with Gasteiger partial charge >= 0.3 is 5.97 Å². The molecule has 0 aliphatic rings. The Hall–Kier alpha value is -2.08. The molecule has 1 aromatic carbocycles. The molecule has 0 saturated carbocycles. The molecule has 100 valence electrons. The van der Waals surface area contributed by atoms with E-state index in [4.69, 9.17) is 5.73 Å². The van der Waals surface area contributed by atoms with Crippen LogP contribution in [-0.4, -0.2) is 18.1 Å². The molecule has 0 bridgehead atoms. The molecule has 19 heavy (non-hydrogen) atoms. The quantitative estimate of drug-likeness (QED) is 0.666. The van der Waals surface area contributed by atoms with Crippen molar-refractivity contribution >= 4 is 33.8 Å². The molecule has 0 spiro atoms. The zero-order valence-corrected chi connectivity index (χ0v) is 11.8. The second kappa shape index (κ2) is 5.27. The average molecular weight is 277 g/mol. The van der Waals surface area contributed by atoms with Gasteiger partial charge in [-0.25, -0.2) is 9.78 Å². The number of hydrogen-bond donors (Lipinski definition) is 2. The Morgan fingerprint density at radius 3 is 2.74 bits per heavy atom. The van der Waals surface area contributed by atoms with Crippen LogP contribution in [0.2, 0.25) is 0 Å². The Labute approximate surface area is 115 Å². The van der Waals surface area contributed by atoms with Crippen molar-refractivity contribution in [1.29, 1.82) is 0 Å². The highest BCUT2D eigenvalue weighted by Gasteiger charge is 2.10. The Morgan fingerprint density at radius 1 is 1.42 bits per heavy atom. The van der Waals surface area contributed by atoms with E-state index in [2.05, 4.69) is 15.0 Å². The summed E-state index contributed by atoms with van der Waals surface area (Å²) in [7, 11) is 1.35. The van der Waals surface area contributed by atoms with Crippen molar-refractivity contribution in [3.05, 3.63) is 34.3 Å². The van der Waals surface area contributed by atoms with Crippen molar-refractivity contribution in [2.45, 2.75) is 13.8 Å². The average Bonchev–Trinajstić information content (AvgIpc) is 2.70. The molecule has 2 aromatic rings. The van der Waals surface area contributed by atoms with Gasteiger partial charge in [-0.2, -0.15) is 0 Å². The number of carbonyl (C=O) groups excluding carboxylic acids is 1. The molecule has 5 nitrogen and oxygen atoms in total. The van der Waals surface area contributed by atoms with Gasteiger partial charge in [0.15, 0.2) is 5.13 Å². The minimum atomic E-state index is -0.394. The van der Waals surface area contributed by atoms with Gasteiger partial charge in [0.05, 0.1) is 29.7 Å². The highest BCUT2D eigenvalue weighted by atomic mass is 32.1. The van der Waals surface area contributed by atoms with E-state index >= 15 is 0 Å². The third-order valence-corrected chi connectivity index (χ3v) is 3.73. The number of anilines is 3. The number of nitrogens with one attached hydrogen (secondary N) is 1. The Kier molecular flexibility index (Phi) is 3.71. The van der Waals surface area contributed by atoms with Crippen molar-refractivity contribution in [2.24, 2.45) is 0 Å². The van der Waals surface area contributed by atoms with Crippen LogP contribution in [-0.2, 0) is 4.74 Å². The summed E-state index contributed by atoms with van der Waals surface area (Å²) in [6.45, 7) is 3.96. The summed E-state index contributed by atoms with van der Waals surface area (Å²) in [5.74, 6) is -0.394. The second-order valence-corrected chi connectivity index (χ2v) is 5.28. The molecule has 0 unspecified atom stereocenters. The maximum Gasteiger partial charge on any atom is 0.337 e. The smallest absolute Gasteiger partial charge is 0.337 e. The Balaban J connectivity index is 2.31. The van der Waals surface area contributed by atoms with Crippen molar-refractivity contribution in [3.8, 4) is 0 Å². The molecule has 0 saturated heterocycles. The molecule has 0 fully saturated rings. The van der Waals surface area contributed by atoms with E-state index in [0.717, 1.165) is 15.7 Å². The number of nitrogens with zero attached hydrogens (tertiary/aromatic N) is 1. The molecule has 0 aliphatic carbocycles. The van der Waals surface area contributed by atoms with E-state index in [1.807, 2.05) is 13.8 Å². The number of hydrogen-bond acceptors (Lipinski definition) is 6. The summed E-state index contributed by atoms with van der Waals surface area (Å²) >= 11 is 1.54. The van der Waals surface area contributed by atoms with Gasteiger partial charge in [-0.05, 0) is 32.0 Å². The van der Waals surface area contributed by atoms with Gasteiger partial charge in [0.2, 0.25) is 0 Å². The fourth-order valence-corrected chi connectivity index (χ4v) is 2.38. The number of benzene rings is 1. The van der Waals surface area contributed by atoms with E-state index in [-0.39, 0.29) is 0 Å². The van der Waals surface area contributed by atoms with Crippen LogP contribution < -0.4 is 11.1 Å². The molecule has 0 amide bonds. The first-order chi connectivity index (χ1) is 9.01. The van der Waals surface area contributed by atoms with Crippen molar-refractivity contribution in [2.75, 3.05) is 18.2 Å². The van der Waals surface area contributed by atoms with E-state index in [9.17, 15) is 4.79 Å². The van der Waals surface area contributed by atoms with Gasteiger partial charge in [-0.3, -0.25) is 0 Å². The first kappa shape index (κ1) is 13.4. The number of nitrogens with two attached hydrogens (primary N) is 1. The summed E-state index contributed by atoms with van der Waals surface area (Å²) in [5.41, 5.74) is 8.52. The zero-order chi connectivity index (χ0) is 14.0. The third kappa shape index (κ3) is 2.85. The Bertz CT molecular complexity index is 603. The number of nitrogen functional groups attached to an aromatic ring is 1. The number of ether oxygens (including phenoxy) is 1. The van der Waals surface area contributed by atoms with Gasteiger partial charge < -0.3 is 15.8 Å². The van der Waals surface area contributed by atoms with E-state index in [1.165, 1.54) is 7.11 Å². The van der Waals surface area contributed by atoms with Crippen LogP contribution in [0.1, 0.15) is 20.9 Å². The molecule has 1 heterocycles. The van der Waals surface area contributed by atoms with Crippen LogP contribution in [0.4, 0.5) is 16.5 Å². The van der Waals surface area contributed by atoms with Crippen LogP contribution >= 0.6 is 11.3 Å². The maximum atomic E-state index is 11.5. The van der Waals surface area contributed by atoms with E-state index in [1.54, 1.807) is 29.5 Å². The molecule has 2 rings (SSSR count). The second-order valence-electron chi connectivity index (χ2n) is 4.08. The van der Waals surface area contributed by atoms with Crippen LogP contribution in [0.25, 0.3) is 0 Å². The Morgan fingerprint density at radius 2 is 2.16 bits per heavy atom. The highest BCUT2D eigenvalue weighted by Crippen LogP contribution is 2.28. The predicted molar refractivity (Wildman–Crippen MR) is 77.1 cm³/mol. The summed E-state index contributed by atoms with van der Waals surface area (Å²) in [5, 5.41) is 3.88. The number of rotatable bonds is 3. The first-order valence-electron chi connectivity index (χ1n) is 5.70. The lowest BCUT2D eigenvalue weighted by molar-refractivity contribution is 0.0601. The SMILES string of the molecule is COC(=O)c1ccc(N)c(Nc2nc(C)c(C)s2)c1. The number of aromatic nitrogens is 1. The van der Waals surface area contributed by atoms with Crippen molar-refractivity contribution in [1.82, 2.24) is 4.98 Å². The van der Waals surface area contributed by atoms with Gasteiger partial charge in [-0.15, -0.1) is 11.3 Å². The fraction of sp³-hybridized carbons (Fsp3) is 0.231. The standard InChI is InChI=1S/C13H15N3O2S/c1-7-8(2)19-13(15-7)16-11-6-9(12(17)18-3)4-5-10(11)14/h4-6H,14H2,1-3H3,(H,15,16). The van der Waals surface area contributed by atoms with E-state index in [0.29, 0.717) is 16.9 Å². The predicted octanol–water partition coefficient (Wildman–Crippen LogP) is 2.87. The lowest BCUT2D eigenvalue weighted by atomic mass is 10.2. The fourth-order valence-electron chi connectivity index (χ4n) is 1.55. The first-order valence-corrected chi connectivity index (χ1v) is 6.52. The van der Waals surface area contributed by atoms with Gasteiger partial charge in [0, 0.05) is 4.88 Å². The summed E-state index contributed by atoms with van der Waals surface area (Å²) < 4.78 is 4.68. The number of aryl methyl sites for hydroxylation is 2. The van der Waals surface area contributed by atoms with Crippen LogP contribution in [0.3, 0.4) is 0 Å². The molecule has 0 radical (unpaired) electrons. The van der Waals surface area contributed by atoms with E-state index < -0.39 is 5.97 Å². The van der Waals surface area contributed by atoms with Crippen molar-refractivity contribution < 1.29 is 9.53 Å².